The molecule has 0 unspecified atom stereocenters. The van der Waals surface area contributed by atoms with E-state index >= 15 is 0 Å². The zero-order valence-electron chi connectivity index (χ0n) is 10.3. The first-order valence-electron chi connectivity index (χ1n) is 4.81. The normalized spacial score (nSPS) is 10.1. The van der Waals surface area contributed by atoms with Crippen LogP contribution in [0.3, 0.4) is 0 Å². The van der Waals surface area contributed by atoms with Crippen LogP contribution in [0.4, 0.5) is 0 Å². The van der Waals surface area contributed by atoms with E-state index in [0.29, 0.717) is 12.2 Å². The SMILES string of the molecule is Cc1ccc(S(=O)(=O)O)cc1.Cl.O=C(O)/C=C\C(=O)O. The van der Waals surface area contributed by atoms with E-state index in [1.54, 1.807) is 12.1 Å². The third-order valence-corrected chi connectivity index (χ3v) is 2.56. The molecular formula is C11H13ClO7S. The summed E-state index contributed by atoms with van der Waals surface area (Å²) in [5.74, 6) is -2.51. The molecule has 0 spiro atoms. The molecule has 0 amide bonds. The Morgan fingerprint density at radius 2 is 1.35 bits per heavy atom. The van der Waals surface area contributed by atoms with Gasteiger partial charge in [0.15, 0.2) is 0 Å². The molecule has 0 radical (unpaired) electrons. The molecule has 1 aromatic carbocycles. The molecule has 0 saturated carbocycles. The molecule has 7 nitrogen and oxygen atoms in total. The summed E-state index contributed by atoms with van der Waals surface area (Å²) < 4.78 is 29.6. The summed E-state index contributed by atoms with van der Waals surface area (Å²) in [6, 6.07) is 5.99. The second-order valence-corrected chi connectivity index (χ2v) is 4.72. The number of hydrogen-bond acceptors (Lipinski definition) is 4. The van der Waals surface area contributed by atoms with Crippen molar-refractivity contribution >= 4 is 34.5 Å². The molecule has 0 aromatic heterocycles. The molecule has 0 aliphatic rings. The van der Waals surface area contributed by atoms with E-state index in [9.17, 15) is 18.0 Å². The minimum absolute atomic E-state index is 0. The van der Waals surface area contributed by atoms with Crippen molar-refractivity contribution in [2.45, 2.75) is 11.8 Å². The van der Waals surface area contributed by atoms with E-state index in [4.69, 9.17) is 14.8 Å². The van der Waals surface area contributed by atoms with Gasteiger partial charge in [0.1, 0.15) is 0 Å². The summed E-state index contributed by atoms with van der Waals surface area (Å²) >= 11 is 0. The number of carboxylic acid groups (broad SMARTS) is 2. The lowest BCUT2D eigenvalue weighted by atomic mass is 10.2. The van der Waals surface area contributed by atoms with Crippen LogP contribution in [0.2, 0.25) is 0 Å². The van der Waals surface area contributed by atoms with Crippen LogP contribution in [0.1, 0.15) is 5.56 Å². The van der Waals surface area contributed by atoms with Crippen molar-refractivity contribution in [2.24, 2.45) is 0 Å². The van der Waals surface area contributed by atoms with Crippen LogP contribution in [0.5, 0.6) is 0 Å². The number of benzene rings is 1. The van der Waals surface area contributed by atoms with Gasteiger partial charge >= 0.3 is 11.9 Å². The maximum Gasteiger partial charge on any atom is 0.328 e. The zero-order valence-corrected chi connectivity index (χ0v) is 11.9. The summed E-state index contributed by atoms with van der Waals surface area (Å²) in [6.07, 6.45) is 1.12. The van der Waals surface area contributed by atoms with Gasteiger partial charge in [-0.3, -0.25) is 4.55 Å². The molecule has 1 rings (SSSR count). The summed E-state index contributed by atoms with van der Waals surface area (Å²) in [6.45, 7) is 1.84. The van der Waals surface area contributed by atoms with Gasteiger partial charge in [0.2, 0.25) is 0 Å². The van der Waals surface area contributed by atoms with E-state index in [0.717, 1.165) is 5.56 Å². The highest BCUT2D eigenvalue weighted by Crippen LogP contribution is 2.08. The number of aryl methyl sites for hydroxylation is 1. The van der Waals surface area contributed by atoms with E-state index < -0.39 is 22.1 Å². The van der Waals surface area contributed by atoms with Crippen LogP contribution >= 0.6 is 12.4 Å². The van der Waals surface area contributed by atoms with Crippen molar-refractivity contribution < 1.29 is 32.8 Å². The first-order valence-corrected chi connectivity index (χ1v) is 6.25. The topological polar surface area (TPSA) is 129 Å². The predicted octanol–water partition coefficient (Wildman–Crippen LogP) is 1.38. The van der Waals surface area contributed by atoms with Crippen molar-refractivity contribution in [1.82, 2.24) is 0 Å². The fraction of sp³-hybridized carbons (Fsp3) is 0.0909. The zero-order chi connectivity index (χ0) is 15.1. The quantitative estimate of drug-likeness (QED) is 0.565. The molecule has 1 aromatic rings. The van der Waals surface area contributed by atoms with Gasteiger partial charge in [0.25, 0.3) is 10.1 Å². The standard InChI is InChI=1S/C7H8O3S.C4H4O4.ClH/c1-6-2-4-7(5-3-6)11(8,9)10;5-3(6)1-2-4(7)8;/h2-5H,1H3,(H,8,9,10);1-2H,(H,5,6)(H,7,8);1H/b;2-1-;. The Morgan fingerprint density at radius 3 is 1.60 bits per heavy atom. The number of carboxylic acids is 2. The lowest BCUT2D eigenvalue weighted by molar-refractivity contribution is -0.134. The molecule has 0 heterocycles. The Morgan fingerprint density at radius 1 is 1.00 bits per heavy atom. The number of halogens is 1. The Bertz CT molecular complexity index is 559. The summed E-state index contributed by atoms with van der Waals surface area (Å²) in [4.78, 5) is 19.0. The van der Waals surface area contributed by atoms with Gasteiger partial charge < -0.3 is 10.2 Å². The number of aliphatic carboxylic acids is 2. The minimum atomic E-state index is -4.02. The van der Waals surface area contributed by atoms with E-state index in [-0.39, 0.29) is 17.3 Å². The second kappa shape index (κ2) is 9.08. The van der Waals surface area contributed by atoms with Gasteiger partial charge in [-0.05, 0) is 19.1 Å². The van der Waals surface area contributed by atoms with Crippen molar-refractivity contribution in [2.75, 3.05) is 0 Å². The molecule has 0 aliphatic carbocycles. The second-order valence-electron chi connectivity index (χ2n) is 3.30. The lowest BCUT2D eigenvalue weighted by Gasteiger charge is -1.95. The van der Waals surface area contributed by atoms with Gasteiger partial charge in [0.05, 0.1) is 4.90 Å². The maximum atomic E-state index is 10.5. The third-order valence-electron chi connectivity index (χ3n) is 1.69. The molecule has 0 aliphatic heterocycles. The molecule has 3 N–H and O–H groups in total. The molecule has 0 saturated heterocycles. The first-order chi connectivity index (χ1) is 8.62. The number of rotatable bonds is 3. The molecule has 20 heavy (non-hydrogen) atoms. The van der Waals surface area contributed by atoms with Crippen molar-refractivity contribution in [3.63, 3.8) is 0 Å². The van der Waals surface area contributed by atoms with Crippen LogP contribution < -0.4 is 0 Å². The van der Waals surface area contributed by atoms with E-state index in [1.807, 2.05) is 6.92 Å². The van der Waals surface area contributed by atoms with Gasteiger partial charge in [-0.2, -0.15) is 8.42 Å². The monoisotopic (exact) mass is 324 g/mol. The third kappa shape index (κ3) is 10.1. The van der Waals surface area contributed by atoms with E-state index in [2.05, 4.69) is 0 Å². The molecule has 112 valence electrons. The van der Waals surface area contributed by atoms with Crippen molar-refractivity contribution in [1.29, 1.82) is 0 Å². The average molecular weight is 325 g/mol. The summed E-state index contributed by atoms with van der Waals surface area (Å²) in [5, 5.41) is 15.6. The molecule has 0 bridgehead atoms. The summed E-state index contributed by atoms with van der Waals surface area (Å²) in [7, 11) is -4.02. The van der Waals surface area contributed by atoms with E-state index in [1.165, 1.54) is 12.1 Å². The molecule has 0 atom stereocenters. The fourth-order valence-corrected chi connectivity index (χ4v) is 1.33. The highest BCUT2D eigenvalue weighted by Gasteiger charge is 2.06. The Balaban J connectivity index is 0. The highest BCUT2D eigenvalue weighted by molar-refractivity contribution is 7.85. The Labute approximate surface area is 121 Å². The maximum absolute atomic E-state index is 10.5. The predicted molar refractivity (Wildman–Crippen MR) is 72.7 cm³/mol. The summed E-state index contributed by atoms with van der Waals surface area (Å²) in [5.41, 5.74) is 0.956. The van der Waals surface area contributed by atoms with Gasteiger partial charge in [-0.1, -0.05) is 17.7 Å². The fourth-order valence-electron chi connectivity index (χ4n) is 0.853. The molecule has 9 heteroatoms. The Hall–Kier alpha value is -1.90. The van der Waals surface area contributed by atoms with Crippen LogP contribution in [0, 0.1) is 6.92 Å². The highest BCUT2D eigenvalue weighted by atomic mass is 35.5. The van der Waals surface area contributed by atoms with Gasteiger partial charge in [-0.25, -0.2) is 9.59 Å². The molecule has 0 fully saturated rings. The van der Waals surface area contributed by atoms with Crippen LogP contribution in [0.15, 0.2) is 41.3 Å². The number of hydrogen-bond donors (Lipinski definition) is 3. The molecular weight excluding hydrogens is 312 g/mol. The smallest absolute Gasteiger partial charge is 0.328 e. The van der Waals surface area contributed by atoms with Crippen molar-refractivity contribution in [3.05, 3.63) is 42.0 Å². The van der Waals surface area contributed by atoms with Crippen LogP contribution in [0.25, 0.3) is 0 Å². The Kier molecular flexibility index (Phi) is 9.27. The van der Waals surface area contributed by atoms with Crippen LogP contribution in [-0.4, -0.2) is 35.1 Å². The lowest BCUT2D eigenvalue weighted by Crippen LogP contribution is -1.96. The first kappa shape index (κ1) is 20.4. The largest absolute Gasteiger partial charge is 0.478 e. The van der Waals surface area contributed by atoms with Crippen LogP contribution in [-0.2, 0) is 19.7 Å². The van der Waals surface area contributed by atoms with Gasteiger partial charge in [-0.15, -0.1) is 12.4 Å². The minimum Gasteiger partial charge on any atom is -0.478 e. The van der Waals surface area contributed by atoms with Crippen molar-refractivity contribution in [3.8, 4) is 0 Å². The number of carbonyl (C=O) groups is 2. The average Bonchev–Trinajstić information content (AvgIpc) is 2.26. The van der Waals surface area contributed by atoms with Gasteiger partial charge in [0, 0.05) is 12.2 Å².